The lowest BCUT2D eigenvalue weighted by atomic mass is 10.0. The molecule has 94 valence electrons. The van der Waals surface area contributed by atoms with Gasteiger partial charge in [0.15, 0.2) is 0 Å². The van der Waals surface area contributed by atoms with Gasteiger partial charge in [-0.05, 0) is 31.2 Å². The minimum atomic E-state index is 0.546. The van der Waals surface area contributed by atoms with E-state index in [1.807, 2.05) is 12.1 Å². The first-order valence-electron chi connectivity index (χ1n) is 6.48. The minimum Gasteiger partial charge on any atom is -0.399 e. The van der Waals surface area contributed by atoms with Crippen molar-refractivity contribution in [2.75, 3.05) is 39.0 Å². The highest BCUT2D eigenvalue weighted by Gasteiger charge is 2.22. The van der Waals surface area contributed by atoms with Gasteiger partial charge in [-0.25, -0.2) is 0 Å². The second kappa shape index (κ2) is 5.52. The summed E-state index contributed by atoms with van der Waals surface area (Å²) < 4.78 is 0. The van der Waals surface area contributed by atoms with Crippen LogP contribution >= 0.6 is 0 Å². The molecule has 0 radical (unpaired) electrons. The summed E-state index contributed by atoms with van der Waals surface area (Å²) in [5, 5.41) is 0. The molecular formula is C14H23N3. The van der Waals surface area contributed by atoms with Crippen molar-refractivity contribution < 1.29 is 0 Å². The topological polar surface area (TPSA) is 32.5 Å². The van der Waals surface area contributed by atoms with Crippen LogP contribution in [0.25, 0.3) is 0 Å². The van der Waals surface area contributed by atoms with Crippen LogP contribution in [0.2, 0.25) is 0 Å². The minimum absolute atomic E-state index is 0.546. The molecule has 1 saturated heterocycles. The zero-order chi connectivity index (χ0) is 12.3. The van der Waals surface area contributed by atoms with Crippen molar-refractivity contribution in [2.45, 2.75) is 19.4 Å². The molecule has 1 aromatic carbocycles. The van der Waals surface area contributed by atoms with Gasteiger partial charge in [0.05, 0.1) is 0 Å². The lowest BCUT2D eigenvalue weighted by molar-refractivity contribution is 0.109. The average molecular weight is 233 g/mol. The first kappa shape index (κ1) is 12.4. The number of hydrogen-bond donors (Lipinski definition) is 1. The van der Waals surface area contributed by atoms with E-state index in [-0.39, 0.29) is 0 Å². The third-order valence-corrected chi connectivity index (χ3v) is 3.69. The van der Waals surface area contributed by atoms with Crippen LogP contribution in [0.3, 0.4) is 0 Å². The molecule has 0 aromatic heterocycles. The molecule has 0 spiro atoms. The van der Waals surface area contributed by atoms with Crippen molar-refractivity contribution in [3.63, 3.8) is 0 Å². The highest BCUT2D eigenvalue weighted by Crippen LogP contribution is 2.25. The number of nitrogens with zero attached hydrogens (tertiary/aromatic N) is 2. The summed E-state index contributed by atoms with van der Waals surface area (Å²) in [6.07, 6.45) is 1.16. The van der Waals surface area contributed by atoms with Gasteiger partial charge in [-0.3, -0.25) is 4.90 Å². The highest BCUT2D eigenvalue weighted by molar-refractivity contribution is 5.40. The maximum atomic E-state index is 5.74. The molecular weight excluding hydrogens is 210 g/mol. The smallest absolute Gasteiger partial charge is 0.0346 e. The Morgan fingerprint density at radius 1 is 1.12 bits per heavy atom. The predicted octanol–water partition coefficient (Wildman–Crippen LogP) is 1.97. The molecule has 1 atom stereocenters. The number of nitrogens with two attached hydrogens (primary N) is 1. The molecule has 3 nitrogen and oxygen atoms in total. The maximum Gasteiger partial charge on any atom is 0.0346 e. The van der Waals surface area contributed by atoms with Crippen LogP contribution in [0, 0.1) is 0 Å². The molecule has 0 amide bonds. The van der Waals surface area contributed by atoms with Gasteiger partial charge in [0, 0.05) is 37.9 Å². The summed E-state index contributed by atoms with van der Waals surface area (Å²) in [6, 6.07) is 8.90. The zero-order valence-electron chi connectivity index (χ0n) is 10.9. The van der Waals surface area contributed by atoms with E-state index in [1.165, 1.54) is 31.7 Å². The van der Waals surface area contributed by atoms with Crippen LogP contribution in [-0.2, 0) is 0 Å². The van der Waals surface area contributed by atoms with Gasteiger partial charge < -0.3 is 10.6 Å². The molecule has 0 aliphatic carbocycles. The van der Waals surface area contributed by atoms with Gasteiger partial charge in [-0.15, -0.1) is 0 Å². The van der Waals surface area contributed by atoms with E-state index < -0.39 is 0 Å². The maximum absolute atomic E-state index is 5.74. The molecule has 1 unspecified atom stereocenters. The number of benzene rings is 1. The molecule has 2 rings (SSSR count). The van der Waals surface area contributed by atoms with Gasteiger partial charge in [-0.2, -0.15) is 0 Å². The standard InChI is InChI=1S/C14H23N3/c1-3-14(12-4-6-13(15)7-5-12)17-10-8-16(2)9-11-17/h4-7,14H,3,8-11,15H2,1-2H3. The normalized spacial score (nSPS) is 20.4. The van der Waals surface area contributed by atoms with Crippen molar-refractivity contribution in [3.8, 4) is 0 Å². The molecule has 1 aliphatic heterocycles. The molecule has 3 heteroatoms. The molecule has 0 bridgehead atoms. The first-order valence-corrected chi connectivity index (χ1v) is 6.48. The Labute approximate surface area is 104 Å². The average Bonchev–Trinajstić information content (AvgIpc) is 2.35. The van der Waals surface area contributed by atoms with Gasteiger partial charge in [0.2, 0.25) is 0 Å². The predicted molar refractivity (Wildman–Crippen MR) is 73.0 cm³/mol. The van der Waals surface area contributed by atoms with E-state index in [4.69, 9.17) is 5.73 Å². The fraction of sp³-hybridized carbons (Fsp3) is 0.571. The van der Waals surface area contributed by atoms with Gasteiger partial charge in [0.25, 0.3) is 0 Å². The Balaban J connectivity index is 2.08. The Kier molecular flexibility index (Phi) is 4.02. The first-order chi connectivity index (χ1) is 8.20. The summed E-state index contributed by atoms with van der Waals surface area (Å²) >= 11 is 0. The van der Waals surface area contributed by atoms with Gasteiger partial charge in [-0.1, -0.05) is 19.1 Å². The lowest BCUT2D eigenvalue weighted by Gasteiger charge is -2.38. The summed E-state index contributed by atoms with van der Waals surface area (Å²) in [5.74, 6) is 0. The molecule has 1 aliphatic rings. The number of hydrogen-bond acceptors (Lipinski definition) is 3. The quantitative estimate of drug-likeness (QED) is 0.810. The molecule has 2 N–H and O–H groups in total. The largest absolute Gasteiger partial charge is 0.399 e. The van der Waals surface area contributed by atoms with Crippen molar-refractivity contribution in [1.82, 2.24) is 9.80 Å². The third kappa shape index (κ3) is 2.99. The summed E-state index contributed by atoms with van der Waals surface area (Å²) in [4.78, 5) is 4.98. The summed E-state index contributed by atoms with van der Waals surface area (Å²) in [7, 11) is 2.20. The van der Waals surface area contributed by atoms with Crippen molar-refractivity contribution in [3.05, 3.63) is 29.8 Å². The third-order valence-electron chi connectivity index (χ3n) is 3.69. The van der Waals surface area contributed by atoms with Crippen LogP contribution < -0.4 is 5.73 Å². The van der Waals surface area contributed by atoms with E-state index in [2.05, 4.69) is 35.9 Å². The molecule has 1 aromatic rings. The number of nitrogen functional groups attached to an aromatic ring is 1. The van der Waals surface area contributed by atoms with Crippen LogP contribution in [0.4, 0.5) is 5.69 Å². The number of anilines is 1. The fourth-order valence-electron chi connectivity index (χ4n) is 2.56. The second-order valence-corrected chi connectivity index (χ2v) is 4.93. The Bertz CT molecular complexity index is 339. The molecule has 17 heavy (non-hydrogen) atoms. The Morgan fingerprint density at radius 3 is 2.24 bits per heavy atom. The van der Waals surface area contributed by atoms with E-state index in [0.717, 1.165) is 12.1 Å². The zero-order valence-corrected chi connectivity index (χ0v) is 10.9. The van der Waals surface area contributed by atoms with E-state index >= 15 is 0 Å². The number of rotatable bonds is 3. The summed E-state index contributed by atoms with van der Waals surface area (Å²) in [6.45, 7) is 6.94. The van der Waals surface area contributed by atoms with E-state index in [0.29, 0.717) is 6.04 Å². The monoisotopic (exact) mass is 233 g/mol. The summed E-state index contributed by atoms with van der Waals surface area (Å²) in [5.41, 5.74) is 7.99. The lowest BCUT2D eigenvalue weighted by Crippen LogP contribution is -2.45. The number of piperazine rings is 1. The number of likely N-dealkylation sites (N-methyl/N-ethyl adjacent to an activating group) is 1. The highest BCUT2D eigenvalue weighted by atomic mass is 15.3. The van der Waals surface area contributed by atoms with Crippen LogP contribution in [0.1, 0.15) is 24.9 Å². The van der Waals surface area contributed by atoms with Crippen LogP contribution in [-0.4, -0.2) is 43.0 Å². The van der Waals surface area contributed by atoms with Gasteiger partial charge >= 0.3 is 0 Å². The second-order valence-electron chi connectivity index (χ2n) is 4.93. The SMILES string of the molecule is CCC(c1ccc(N)cc1)N1CCN(C)CC1. The van der Waals surface area contributed by atoms with Crippen molar-refractivity contribution in [2.24, 2.45) is 0 Å². The Hall–Kier alpha value is -1.06. The van der Waals surface area contributed by atoms with Crippen molar-refractivity contribution >= 4 is 5.69 Å². The van der Waals surface area contributed by atoms with E-state index in [1.54, 1.807) is 0 Å². The van der Waals surface area contributed by atoms with Crippen LogP contribution in [0.15, 0.2) is 24.3 Å². The molecule has 1 heterocycles. The fourth-order valence-corrected chi connectivity index (χ4v) is 2.56. The van der Waals surface area contributed by atoms with Crippen molar-refractivity contribution in [1.29, 1.82) is 0 Å². The Morgan fingerprint density at radius 2 is 1.71 bits per heavy atom. The molecule has 0 saturated carbocycles. The van der Waals surface area contributed by atoms with Crippen LogP contribution in [0.5, 0.6) is 0 Å². The van der Waals surface area contributed by atoms with Gasteiger partial charge in [0.1, 0.15) is 0 Å². The van der Waals surface area contributed by atoms with E-state index in [9.17, 15) is 0 Å². The molecule has 1 fully saturated rings.